The molecule has 0 aromatic carbocycles. The summed E-state index contributed by atoms with van der Waals surface area (Å²) in [4.78, 5) is 4.37. The van der Waals surface area contributed by atoms with Crippen LogP contribution < -0.4 is 9.47 Å². The third-order valence-corrected chi connectivity index (χ3v) is 2.82. The molecule has 0 saturated heterocycles. The monoisotopic (exact) mass is 249 g/mol. The number of nitrogens with zero attached hydrogens (tertiary/aromatic N) is 1. The Labute approximate surface area is 110 Å². The van der Waals surface area contributed by atoms with Crippen LogP contribution in [-0.2, 0) is 5.41 Å². The molecule has 1 aliphatic rings. The van der Waals surface area contributed by atoms with Crippen molar-refractivity contribution in [3.63, 3.8) is 0 Å². The number of ether oxygens (including phenoxy) is 2. The molecule has 1 fully saturated rings. The molecule has 0 bridgehead atoms. The van der Waals surface area contributed by atoms with Crippen molar-refractivity contribution >= 4 is 0 Å². The molecule has 1 heterocycles. The van der Waals surface area contributed by atoms with E-state index in [2.05, 4.69) is 25.8 Å². The maximum Gasteiger partial charge on any atom is 0.217 e. The van der Waals surface area contributed by atoms with E-state index in [0.717, 1.165) is 24.2 Å². The lowest BCUT2D eigenvalue weighted by Gasteiger charge is -2.23. The van der Waals surface area contributed by atoms with Crippen molar-refractivity contribution in [2.75, 3.05) is 0 Å². The van der Waals surface area contributed by atoms with Crippen LogP contribution in [0.4, 0.5) is 0 Å². The molecule has 3 nitrogen and oxygen atoms in total. The van der Waals surface area contributed by atoms with Gasteiger partial charge >= 0.3 is 0 Å². The van der Waals surface area contributed by atoms with E-state index in [9.17, 15) is 0 Å². The second-order valence-corrected chi connectivity index (χ2v) is 6.25. The van der Waals surface area contributed by atoms with Gasteiger partial charge in [0.25, 0.3) is 0 Å². The Hall–Kier alpha value is -1.25. The van der Waals surface area contributed by atoms with Gasteiger partial charge in [-0.05, 0) is 32.1 Å². The number of hydrogen-bond donors (Lipinski definition) is 0. The second kappa shape index (κ2) is 4.79. The zero-order chi connectivity index (χ0) is 13.3. The molecule has 2 rings (SSSR count). The minimum Gasteiger partial charge on any atom is -0.490 e. The normalized spacial score (nSPS) is 15.9. The third kappa shape index (κ3) is 3.37. The lowest BCUT2D eigenvalue weighted by molar-refractivity contribution is 0.228. The van der Waals surface area contributed by atoms with Gasteiger partial charge in [0.1, 0.15) is 5.75 Å². The van der Waals surface area contributed by atoms with Gasteiger partial charge in [0.05, 0.1) is 12.2 Å². The Balaban J connectivity index is 2.28. The molecule has 0 amide bonds. The van der Waals surface area contributed by atoms with Gasteiger partial charge in [-0.1, -0.05) is 20.8 Å². The summed E-state index contributed by atoms with van der Waals surface area (Å²) in [5.74, 6) is 1.57. The standard InChI is InChI=1S/C15H23NO2/c1-10(2)17-14-8-13(18-11-6-7-11)12(9-16-14)15(3,4)5/h8-11H,6-7H2,1-5H3. The number of rotatable bonds is 4. The zero-order valence-corrected chi connectivity index (χ0v) is 12.0. The van der Waals surface area contributed by atoms with Gasteiger partial charge in [0.2, 0.25) is 5.88 Å². The summed E-state index contributed by atoms with van der Waals surface area (Å²) in [5.41, 5.74) is 1.18. The van der Waals surface area contributed by atoms with Gasteiger partial charge in [-0.25, -0.2) is 4.98 Å². The molecule has 1 saturated carbocycles. The van der Waals surface area contributed by atoms with E-state index in [1.54, 1.807) is 0 Å². The molecule has 0 atom stereocenters. The first-order chi connectivity index (χ1) is 8.36. The van der Waals surface area contributed by atoms with Gasteiger partial charge in [-0.15, -0.1) is 0 Å². The third-order valence-electron chi connectivity index (χ3n) is 2.82. The summed E-state index contributed by atoms with van der Waals surface area (Å²) in [6.07, 6.45) is 4.72. The molecular formula is C15H23NO2. The Morgan fingerprint density at radius 3 is 2.44 bits per heavy atom. The number of hydrogen-bond acceptors (Lipinski definition) is 3. The molecule has 3 heteroatoms. The van der Waals surface area contributed by atoms with Gasteiger partial charge in [0, 0.05) is 17.8 Å². The first kappa shape index (κ1) is 13.2. The van der Waals surface area contributed by atoms with E-state index in [1.165, 1.54) is 0 Å². The molecule has 0 spiro atoms. The zero-order valence-electron chi connectivity index (χ0n) is 12.0. The Bertz CT molecular complexity index is 417. The van der Waals surface area contributed by atoms with Crippen LogP contribution >= 0.6 is 0 Å². The van der Waals surface area contributed by atoms with Crippen LogP contribution in [0.3, 0.4) is 0 Å². The van der Waals surface area contributed by atoms with E-state index in [-0.39, 0.29) is 11.5 Å². The minimum absolute atomic E-state index is 0.0353. The van der Waals surface area contributed by atoms with Gasteiger partial charge in [-0.2, -0.15) is 0 Å². The van der Waals surface area contributed by atoms with E-state index in [1.807, 2.05) is 26.1 Å². The highest BCUT2D eigenvalue weighted by Gasteiger charge is 2.28. The van der Waals surface area contributed by atoms with Gasteiger partial charge < -0.3 is 9.47 Å². The Morgan fingerprint density at radius 1 is 1.28 bits per heavy atom. The summed E-state index contributed by atoms with van der Waals surface area (Å²) >= 11 is 0. The van der Waals surface area contributed by atoms with Crippen molar-refractivity contribution in [3.8, 4) is 11.6 Å². The summed E-state index contributed by atoms with van der Waals surface area (Å²) in [7, 11) is 0. The van der Waals surface area contributed by atoms with Crippen LogP contribution in [-0.4, -0.2) is 17.2 Å². The predicted molar refractivity (Wildman–Crippen MR) is 72.4 cm³/mol. The van der Waals surface area contributed by atoms with Crippen LogP contribution in [0.15, 0.2) is 12.3 Å². The lowest BCUT2D eigenvalue weighted by atomic mass is 9.87. The van der Waals surface area contributed by atoms with Crippen molar-refractivity contribution < 1.29 is 9.47 Å². The molecule has 0 unspecified atom stereocenters. The number of pyridine rings is 1. The van der Waals surface area contributed by atoms with Crippen LogP contribution in [0, 0.1) is 0 Å². The quantitative estimate of drug-likeness (QED) is 0.815. The molecule has 0 radical (unpaired) electrons. The molecule has 1 aromatic rings. The fourth-order valence-corrected chi connectivity index (χ4v) is 1.75. The van der Waals surface area contributed by atoms with Crippen molar-refractivity contribution in [3.05, 3.63) is 17.8 Å². The maximum absolute atomic E-state index is 5.99. The van der Waals surface area contributed by atoms with Crippen molar-refractivity contribution in [2.45, 2.75) is 65.1 Å². The van der Waals surface area contributed by atoms with Crippen molar-refractivity contribution in [2.24, 2.45) is 0 Å². The van der Waals surface area contributed by atoms with Gasteiger partial charge in [-0.3, -0.25) is 0 Å². The first-order valence-electron chi connectivity index (χ1n) is 6.70. The smallest absolute Gasteiger partial charge is 0.217 e. The predicted octanol–water partition coefficient (Wildman–Crippen LogP) is 3.71. The van der Waals surface area contributed by atoms with Crippen molar-refractivity contribution in [1.82, 2.24) is 4.98 Å². The second-order valence-electron chi connectivity index (χ2n) is 6.25. The maximum atomic E-state index is 5.99. The highest BCUT2D eigenvalue weighted by molar-refractivity contribution is 5.40. The molecule has 1 aliphatic carbocycles. The Morgan fingerprint density at radius 2 is 1.94 bits per heavy atom. The van der Waals surface area contributed by atoms with E-state index in [4.69, 9.17) is 9.47 Å². The SMILES string of the molecule is CC(C)Oc1cc(OC2CC2)c(C(C)(C)C)cn1. The topological polar surface area (TPSA) is 31.4 Å². The summed E-state index contributed by atoms with van der Waals surface area (Å²) in [6.45, 7) is 10.5. The van der Waals surface area contributed by atoms with Crippen LogP contribution in [0.2, 0.25) is 0 Å². The molecule has 0 N–H and O–H groups in total. The largest absolute Gasteiger partial charge is 0.490 e. The summed E-state index contributed by atoms with van der Waals surface area (Å²) in [6, 6.07) is 1.93. The summed E-state index contributed by atoms with van der Waals surface area (Å²) < 4.78 is 11.6. The fraction of sp³-hybridized carbons (Fsp3) is 0.667. The Kier molecular flexibility index (Phi) is 3.51. The highest BCUT2D eigenvalue weighted by atomic mass is 16.5. The average Bonchev–Trinajstić information content (AvgIpc) is 2.98. The van der Waals surface area contributed by atoms with Crippen LogP contribution in [0.1, 0.15) is 53.0 Å². The average molecular weight is 249 g/mol. The molecule has 1 aromatic heterocycles. The van der Waals surface area contributed by atoms with E-state index >= 15 is 0 Å². The minimum atomic E-state index is 0.0353. The van der Waals surface area contributed by atoms with Gasteiger partial charge in [0.15, 0.2) is 0 Å². The van der Waals surface area contributed by atoms with E-state index in [0.29, 0.717) is 12.0 Å². The fourth-order valence-electron chi connectivity index (χ4n) is 1.75. The number of aromatic nitrogens is 1. The molecule has 100 valence electrons. The molecular weight excluding hydrogens is 226 g/mol. The summed E-state index contributed by atoms with van der Waals surface area (Å²) in [5, 5.41) is 0. The van der Waals surface area contributed by atoms with Crippen LogP contribution in [0.25, 0.3) is 0 Å². The van der Waals surface area contributed by atoms with E-state index < -0.39 is 0 Å². The van der Waals surface area contributed by atoms with Crippen LogP contribution in [0.5, 0.6) is 11.6 Å². The highest BCUT2D eigenvalue weighted by Crippen LogP contribution is 2.36. The molecule has 0 aliphatic heterocycles. The van der Waals surface area contributed by atoms with Crippen molar-refractivity contribution in [1.29, 1.82) is 0 Å². The first-order valence-corrected chi connectivity index (χ1v) is 6.70. The lowest BCUT2D eigenvalue weighted by Crippen LogP contribution is -2.15. The molecule has 18 heavy (non-hydrogen) atoms.